The predicted molar refractivity (Wildman–Crippen MR) is 95.9 cm³/mol. The standard InChI is InChI=1S/C18H20N4OS/c1-11-8-14(10-20-21-13(3)23)12(2)22(11)18-16(9-19)15-6-4-5-7-17(15)24-18/h8,10H,4-7H2,1-3H3,(H,21,23)/b20-10+. The van der Waals surface area contributed by atoms with Crippen molar-refractivity contribution in [2.45, 2.75) is 46.5 Å². The van der Waals surface area contributed by atoms with Crippen molar-refractivity contribution in [2.75, 3.05) is 0 Å². The van der Waals surface area contributed by atoms with Crippen molar-refractivity contribution in [3.05, 3.63) is 39.0 Å². The van der Waals surface area contributed by atoms with E-state index in [2.05, 4.69) is 21.2 Å². The van der Waals surface area contributed by atoms with Crippen LogP contribution in [0.5, 0.6) is 0 Å². The maximum absolute atomic E-state index is 10.9. The van der Waals surface area contributed by atoms with Crippen LogP contribution in [0.2, 0.25) is 0 Å². The molecule has 0 saturated heterocycles. The maximum atomic E-state index is 10.9. The fourth-order valence-corrected chi connectivity index (χ4v) is 4.70. The highest BCUT2D eigenvalue weighted by atomic mass is 32.1. The molecule has 1 aliphatic rings. The van der Waals surface area contributed by atoms with Crippen LogP contribution in [0, 0.1) is 25.2 Å². The Morgan fingerprint density at radius 3 is 2.88 bits per heavy atom. The van der Waals surface area contributed by atoms with Gasteiger partial charge >= 0.3 is 0 Å². The summed E-state index contributed by atoms with van der Waals surface area (Å²) in [6.07, 6.45) is 6.10. The topological polar surface area (TPSA) is 70.2 Å². The van der Waals surface area contributed by atoms with Gasteiger partial charge in [0.15, 0.2) is 0 Å². The molecule has 0 unspecified atom stereocenters. The van der Waals surface area contributed by atoms with E-state index in [1.807, 2.05) is 19.9 Å². The molecule has 0 aromatic carbocycles. The Morgan fingerprint density at radius 1 is 1.42 bits per heavy atom. The number of nitriles is 1. The van der Waals surface area contributed by atoms with Crippen LogP contribution in [-0.2, 0) is 17.6 Å². The van der Waals surface area contributed by atoms with Crippen LogP contribution < -0.4 is 5.43 Å². The molecule has 0 aliphatic heterocycles. The van der Waals surface area contributed by atoms with E-state index < -0.39 is 0 Å². The summed E-state index contributed by atoms with van der Waals surface area (Å²) in [6, 6.07) is 4.45. The molecule has 0 bridgehead atoms. The molecule has 0 fully saturated rings. The summed E-state index contributed by atoms with van der Waals surface area (Å²) in [7, 11) is 0. The van der Waals surface area contributed by atoms with Crippen molar-refractivity contribution in [1.29, 1.82) is 5.26 Å². The lowest BCUT2D eigenvalue weighted by Gasteiger charge is -2.10. The van der Waals surface area contributed by atoms with Crippen molar-refractivity contribution < 1.29 is 4.79 Å². The summed E-state index contributed by atoms with van der Waals surface area (Å²) in [4.78, 5) is 12.3. The Balaban J connectivity index is 2.06. The molecule has 1 N–H and O–H groups in total. The second kappa shape index (κ2) is 6.62. The van der Waals surface area contributed by atoms with Crippen LogP contribution in [0.4, 0.5) is 0 Å². The Labute approximate surface area is 145 Å². The molecule has 2 aromatic heterocycles. The first kappa shape index (κ1) is 16.5. The van der Waals surface area contributed by atoms with Crippen LogP contribution in [0.15, 0.2) is 11.2 Å². The first-order valence-electron chi connectivity index (χ1n) is 8.06. The molecule has 3 rings (SSSR count). The van der Waals surface area contributed by atoms with Gasteiger partial charge in [0.1, 0.15) is 11.1 Å². The molecule has 1 amide bonds. The van der Waals surface area contributed by atoms with Gasteiger partial charge in [-0.15, -0.1) is 11.3 Å². The first-order chi connectivity index (χ1) is 11.5. The zero-order valence-corrected chi connectivity index (χ0v) is 15.0. The molecular formula is C18H20N4OS. The van der Waals surface area contributed by atoms with Gasteiger partial charge in [0.2, 0.25) is 5.91 Å². The van der Waals surface area contributed by atoms with E-state index in [-0.39, 0.29) is 5.91 Å². The molecule has 5 nitrogen and oxygen atoms in total. The smallest absolute Gasteiger partial charge is 0.236 e. The Morgan fingerprint density at radius 2 is 2.17 bits per heavy atom. The van der Waals surface area contributed by atoms with Gasteiger partial charge in [-0.25, -0.2) is 5.43 Å². The molecule has 0 spiro atoms. The van der Waals surface area contributed by atoms with Crippen molar-refractivity contribution in [2.24, 2.45) is 5.10 Å². The van der Waals surface area contributed by atoms with E-state index in [0.29, 0.717) is 0 Å². The highest BCUT2D eigenvalue weighted by molar-refractivity contribution is 7.15. The summed E-state index contributed by atoms with van der Waals surface area (Å²) >= 11 is 1.74. The van der Waals surface area contributed by atoms with Crippen molar-refractivity contribution in [3.8, 4) is 11.1 Å². The summed E-state index contributed by atoms with van der Waals surface area (Å²) in [5.41, 5.74) is 7.51. The second-order valence-electron chi connectivity index (χ2n) is 6.09. The molecule has 2 heterocycles. The molecular weight excluding hydrogens is 320 g/mol. The fraction of sp³-hybridized carbons (Fsp3) is 0.389. The number of aromatic nitrogens is 1. The van der Waals surface area contributed by atoms with E-state index in [1.165, 1.54) is 23.8 Å². The molecule has 2 aromatic rings. The fourth-order valence-electron chi connectivity index (χ4n) is 3.25. The largest absolute Gasteiger partial charge is 0.308 e. The lowest BCUT2D eigenvalue weighted by atomic mass is 9.96. The number of nitrogens with zero attached hydrogens (tertiary/aromatic N) is 3. The molecule has 124 valence electrons. The maximum Gasteiger partial charge on any atom is 0.236 e. The summed E-state index contributed by atoms with van der Waals surface area (Å²) in [6.45, 7) is 5.47. The number of carbonyl (C=O) groups is 1. The molecule has 1 aliphatic carbocycles. The third-order valence-electron chi connectivity index (χ3n) is 4.36. The van der Waals surface area contributed by atoms with Crippen LogP contribution in [-0.4, -0.2) is 16.7 Å². The second-order valence-corrected chi connectivity index (χ2v) is 7.17. The third-order valence-corrected chi connectivity index (χ3v) is 5.64. The van der Waals surface area contributed by atoms with Crippen LogP contribution in [0.25, 0.3) is 5.00 Å². The SMILES string of the molecule is CC(=O)N/N=C/c1cc(C)n(-c2sc3c(c2C#N)CCCC3)c1C. The van der Waals surface area contributed by atoms with E-state index in [0.717, 1.165) is 46.8 Å². The number of rotatable bonds is 3. The number of nitrogens with one attached hydrogen (secondary N) is 1. The number of hydrogen-bond donors (Lipinski definition) is 1. The van der Waals surface area contributed by atoms with Crippen LogP contribution >= 0.6 is 11.3 Å². The summed E-state index contributed by atoms with van der Waals surface area (Å²) in [5.74, 6) is -0.197. The summed E-state index contributed by atoms with van der Waals surface area (Å²) < 4.78 is 2.14. The third kappa shape index (κ3) is 2.87. The quantitative estimate of drug-likeness (QED) is 0.687. The summed E-state index contributed by atoms with van der Waals surface area (Å²) in [5, 5.41) is 14.7. The van der Waals surface area contributed by atoms with E-state index in [4.69, 9.17) is 0 Å². The lowest BCUT2D eigenvalue weighted by Crippen LogP contribution is -2.12. The molecule has 0 saturated carbocycles. The number of fused-ring (bicyclic) bond motifs is 1. The van der Waals surface area contributed by atoms with Gasteiger partial charge in [0.05, 0.1) is 11.8 Å². The minimum Gasteiger partial charge on any atom is -0.308 e. The Kier molecular flexibility index (Phi) is 4.54. The van der Waals surface area contributed by atoms with E-state index in [9.17, 15) is 10.1 Å². The predicted octanol–water partition coefficient (Wildman–Crippen LogP) is 3.38. The zero-order valence-electron chi connectivity index (χ0n) is 14.1. The van der Waals surface area contributed by atoms with Gasteiger partial charge in [-0.2, -0.15) is 10.4 Å². The zero-order chi connectivity index (χ0) is 17.3. The Hall–Kier alpha value is -2.39. The van der Waals surface area contributed by atoms with Gasteiger partial charge in [0, 0.05) is 28.8 Å². The van der Waals surface area contributed by atoms with Crippen LogP contribution in [0.3, 0.4) is 0 Å². The molecule has 0 radical (unpaired) electrons. The van der Waals surface area contributed by atoms with Gasteiger partial charge in [-0.3, -0.25) is 4.79 Å². The molecule has 0 atom stereocenters. The lowest BCUT2D eigenvalue weighted by molar-refractivity contribution is -0.118. The van der Waals surface area contributed by atoms with Crippen molar-refractivity contribution in [3.63, 3.8) is 0 Å². The number of thiophene rings is 1. The highest BCUT2D eigenvalue weighted by Gasteiger charge is 2.23. The minimum absolute atomic E-state index is 0.197. The van der Waals surface area contributed by atoms with Crippen molar-refractivity contribution >= 4 is 23.5 Å². The highest BCUT2D eigenvalue weighted by Crippen LogP contribution is 2.38. The number of carbonyl (C=O) groups excluding carboxylic acids is 1. The number of hydrazone groups is 1. The Bertz CT molecular complexity index is 867. The number of amides is 1. The minimum atomic E-state index is -0.197. The van der Waals surface area contributed by atoms with Gasteiger partial charge < -0.3 is 4.57 Å². The van der Waals surface area contributed by atoms with Crippen molar-refractivity contribution in [1.82, 2.24) is 9.99 Å². The average molecular weight is 340 g/mol. The molecule has 24 heavy (non-hydrogen) atoms. The van der Waals surface area contributed by atoms with Crippen LogP contribution in [0.1, 0.15) is 52.7 Å². The van der Waals surface area contributed by atoms with Gasteiger partial charge in [-0.05, 0) is 51.2 Å². The average Bonchev–Trinajstić information content (AvgIpc) is 3.04. The van der Waals surface area contributed by atoms with E-state index in [1.54, 1.807) is 17.6 Å². The monoisotopic (exact) mass is 340 g/mol. The number of aryl methyl sites for hydroxylation is 2. The van der Waals surface area contributed by atoms with Gasteiger partial charge in [0.25, 0.3) is 0 Å². The first-order valence-corrected chi connectivity index (χ1v) is 8.88. The van der Waals surface area contributed by atoms with Gasteiger partial charge in [-0.1, -0.05) is 0 Å². The van der Waals surface area contributed by atoms with E-state index >= 15 is 0 Å². The number of hydrogen-bond acceptors (Lipinski definition) is 4. The normalized spacial score (nSPS) is 13.8. The molecule has 6 heteroatoms.